The highest BCUT2D eigenvalue weighted by molar-refractivity contribution is 6.39. The first-order valence-corrected chi connectivity index (χ1v) is 4.87. The van der Waals surface area contributed by atoms with E-state index in [1.807, 2.05) is 0 Å². The van der Waals surface area contributed by atoms with Crippen LogP contribution in [0.1, 0.15) is 0 Å². The molecule has 1 heterocycles. The highest BCUT2D eigenvalue weighted by Crippen LogP contribution is 2.36. The summed E-state index contributed by atoms with van der Waals surface area (Å²) in [6, 6.07) is 2.80. The molecule has 0 saturated carbocycles. The SMILES string of the molecule is O=Nc1c(O)c2c(Cl)cc(Cl)cc2[nH]c1=O. The first kappa shape index (κ1) is 10.9. The highest BCUT2D eigenvalue weighted by Gasteiger charge is 2.15. The van der Waals surface area contributed by atoms with E-state index >= 15 is 0 Å². The quantitative estimate of drug-likeness (QED) is 0.772. The van der Waals surface area contributed by atoms with Gasteiger partial charge in [0, 0.05) is 5.02 Å². The molecule has 1 aromatic carbocycles. The Morgan fingerprint density at radius 2 is 2.00 bits per heavy atom. The molecule has 0 aliphatic rings. The van der Waals surface area contributed by atoms with Crippen LogP contribution in [-0.4, -0.2) is 10.1 Å². The monoisotopic (exact) mass is 258 g/mol. The summed E-state index contributed by atoms with van der Waals surface area (Å²) in [7, 11) is 0. The van der Waals surface area contributed by atoms with E-state index in [9.17, 15) is 14.8 Å². The molecule has 5 nitrogen and oxygen atoms in total. The highest BCUT2D eigenvalue weighted by atomic mass is 35.5. The van der Waals surface area contributed by atoms with E-state index in [1.165, 1.54) is 12.1 Å². The molecule has 0 bridgehead atoms. The molecule has 16 heavy (non-hydrogen) atoms. The van der Waals surface area contributed by atoms with Crippen LogP contribution in [0.15, 0.2) is 22.1 Å². The zero-order valence-electron chi connectivity index (χ0n) is 7.62. The van der Waals surface area contributed by atoms with Crippen molar-refractivity contribution in [3.63, 3.8) is 0 Å². The van der Waals surface area contributed by atoms with E-state index in [2.05, 4.69) is 10.2 Å². The molecule has 2 N–H and O–H groups in total. The Hall–Kier alpha value is -1.59. The van der Waals surface area contributed by atoms with Crippen molar-refractivity contribution >= 4 is 39.8 Å². The third-order valence-electron chi connectivity index (χ3n) is 2.07. The average Bonchev–Trinajstić information content (AvgIpc) is 2.15. The van der Waals surface area contributed by atoms with E-state index in [4.69, 9.17) is 23.2 Å². The first-order chi connectivity index (χ1) is 7.54. The van der Waals surface area contributed by atoms with Gasteiger partial charge in [-0.3, -0.25) is 4.79 Å². The summed E-state index contributed by atoms with van der Waals surface area (Å²) in [5, 5.41) is 12.7. The van der Waals surface area contributed by atoms with Gasteiger partial charge in [-0.25, -0.2) is 0 Å². The minimum absolute atomic E-state index is 0.126. The van der Waals surface area contributed by atoms with Gasteiger partial charge in [0.15, 0.2) is 5.75 Å². The van der Waals surface area contributed by atoms with Crippen molar-refractivity contribution in [3.05, 3.63) is 37.4 Å². The normalized spacial score (nSPS) is 10.6. The second-order valence-electron chi connectivity index (χ2n) is 3.05. The Morgan fingerprint density at radius 3 is 2.62 bits per heavy atom. The number of benzene rings is 1. The number of hydrogen-bond acceptors (Lipinski definition) is 4. The number of halogens is 2. The van der Waals surface area contributed by atoms with Crippen LogP contribution < -0.4 is 5.56 Å². The Labute approximate surface area is 98.6 Å². The second kappa shape index (κ2) is 3.77. The molecule has 0 radical (unpaired) electrons. The second-order valence-corrected chi connectivity index (χ2v) is 3.90. The number of nitrogens with one attached hydrogen (secondary N) is 1. The third-order valence-corrected chi connectivity index (χ3v) is 2.59. The van der Waals surface area contributed by atoms with Gasteiger partial charge in [-0.15, -0.1) is 4.91 Å². The van der Waals surface area contributed by atoms with Crippen molar-refractivity contribution in [3.8, 4) is 5.75 Å². The third kappa shape index (κ3) is 1.54. The summed E-state index contributed by atoms with van der Waals surface area (Å²) in [6.07, 6.45) is 0. The lowest BCUT2D eigenvalue weighted by atomic mass is 10.2. The van der Waals surface area contributed by atoms with E-state index < -0.39 is 17.0 Å². The zero-order valence-corrected chi connectivity index (χ0v) is 9.13. The minimum atomic E-state index is -0.793. The summed E-state index contributed by atoms with van der Waals surface area (Å²) in [4.78, 5) is 24.0. The molecule has 0 aliphatic carbocycles. The number of aromatic hydroxyl groups is 1. The van der Waals surface area contributed by atoms with Crippen LogP contribution in [0.5, 0.6) is 5.75 Å². The number of nitrogens with zero attached hydrogens (tertiary/aromatic N) is 1. The predicted molar refractivity (Wildman–Crippen MR) is 61.7 cm³/mol. The van der Waals surface area contributed by atoms with Gasteiger partial charge < -0.3 is 10.1 Å². The number of H-pyrrole nitrogens is 1. The average molecular weight is 259 g/mol. The smallest absolute Gasteiger partial charge is 0.281 e. The molecule has 0 unspecified atom stereocenters. The van der Waals surface area contributed by atoms with Crippen LogP contribution in [0.2, 0.25) is 10.0 Å². The largest absolute Gasteiger partial charge is 0.505 e. The molecule has 7 heteroatoms. The van der Waals surface area contributed by atoms with Crippen molar-refractivity contribution in [1.29, 1.82) is 0 Å². The van der Waals surface area contributed by atoms with Crippen molar-refractivity contribution in [2.45, 2.75) is 0 Å². The Balaban J connectivity index is 3.05. The number of fused-ring (bicyclic) bond motifs is 1. The summed E-state index contributed by atoms with van der Waals surface area (Å²) >= 11 is 11.6. The van der Waals surface area contributed by atoms with Crippen molar-refractivity contribution < 1.29 is 5.11 Å². The van der Waals surface area contributed by atoms with Gasteiger partial charge in [0.05, 0.1) is 15.9 Å². The fourth-order valence-electron chi connectivity index (χ4n) is 1.41. The Kier molecular flexibility index (Phi) is 2.57. The number of rotatable bonds is 1. The van der Waals surface area contributed by atoms with Crippen molar-refractivity contribution in [2.24, 2.45) is 5.18 Å². The van der Waals surface area contributed by atoms with E-state index in [1.54, 1.807) is 0 Å². The topological polar surface area (TPSA) is 82.5 Å². The van der Waals surface area contributed by atoms with Gasteiger partial charge in [0.25, 0.3) is 5.56 Å². The summed E-state index contributed by atoms with van der Waals surface area (Å²) in [5.41, 5.74) is -1.15. The lowest BCUT2D eigenvalue weighted by Crippen LogP contribution is -2.05. The van der Waals surface area contributed by atoms with Gasteiger partial charge in [0.2, 0.25) is 5.69 Å². The molecule has 0 fully saturated rings. The van der Waals surface area contributed by atoms with Gasteiger partial charge in [-0.1, -0.05) is 23.2 Å². The molecule has 0 amide bonds. The molecular formula is C9H4Cl2N2O3. The van der Waals surface area contributed by atoms with Gasteiger partial charge >= 0.3 is 0 Å². The van der Waals surface area contributed by atoms with E-state index in [0.29, 0.717) is 5.02 Å². The Bertz CT molecular complexity index is 651. The van der Waals surface area contributed by atoms with E-state index in [-0.39, 0.29) is 15.9 Å². The number of aromatic nitrogens is 1. The number of pyridine rings is 1. The summed E-state index contributed by atoms with van der Waals surface area (Å²) in [6.45, 7) is 0. The first-order valence-electron chi connectivity index (χ1n) is 4.12. The van der Waals surface area contributed by atoms with Crippen LogP contribution in [0.25, 0.3) is 10.9 Å². The van der Waals surface area contributed by atoms with Crippen molar-refractivity contribution in [2.75, 3.05) is 0 Å². The van der Waals surface area contributed by atoms with E-state index in [0.717, 1.165) is 0 Å². The number of hydrogen-bond donors (Lipinski definition) is 2. The molecule has 0 spiro atoms. The van der Waals surface area contributed by atoms with Gasteiger partial charge in [-0.2, -0.15) is 0 Å². The predicted octanol–water partition coefficient (Wildman–Crippen LogP) is 2.94. The fourth-order valence-corrected chi connectivity index (χ4v) is 1.99. The molecule has 0 atom stereocenters. The summed E-state index contributed by atoms with van der Waals surface area (Å²) < 4.78 is 0. The Morgan fingerprint density at radius 1 is 1.31 bits per heavy atom. The lowest BCUT2D eigenvalue weighted by Gasteiger charge is -2.04. The number of aromatic amines is 1. The molecule has 82 valence electrons. The molecule has 1 aromatic heterocycles. The standard InChI is InChI=1S/C9H4Cl2N2O3/c10-3-1-4(11)6-5(2-3)12-9(15)7(13-16)8(6)14/h1-2H,(H2,12,14,15). The van der Waals surface area contributed by atoms with Crippen LogP contribution >= 0.6 is 23.2 Å². The van der Waals surface area contributed by atoms with Crippen molar-refractivity contribution in [1.82, 2.24) is 4.98 Å². The van der Waals surface area contributed by atoms with Crippen LogP contribution in [0.3, 0.4) is 0 Å². The maximum absolute atomic E-state index is 11.3. The molecule has 2 aromatic rings. The maximum Gasteiger partial charge on any atom is 0.281 e. The van der Waals surface area contributed by atoms with Crippen LogP contribution in [0.4, 0.5) is 5.69 Å². The lowest BCUT2D eigenvalue weighted by molar-refractivity contribution is 0.482. The molecule has 0 aliphatic heterocycles. The van der Waals surface area contributed by atoms with Crippen LogP contribution in [0, 0.1) is 4.91 Å². The molecular weight excluding hydrogens is 255 g/mol. The maximum atomic E-state index is 11.3. The molecule has 2 rings (SSSR count). The number of nitroso groups, excluding NO2 is 1. The fraction of sp³-hybridized carbons (Fsp3) is 0. The summed E-state index contributed by atoms with van der Waals surface area (Å²) in [5.74, 6) is -0.546. The minimum Gasteiger partial charge on any atom is -0.505 e. The zero-order chi connectivity index (χ0) is 11.9. The molecule has 0 saturated heterocycles. The van der Waals surface area contributed by atoms with Gasteiger partial charge in [0.1, 0.15) is 0 Å². The van der Waals surface area contributed by atoms with Gasteiger partial charge in [-0.05, 0) is 17.3 Å². The van der Waals surface area contributed by atoms with Crippen LogP contribution in [-0.2, 0) is 0 Å².